The zero-order valence-electron chi connectivity index (χ0n) is 12.0. The molecule has 2 amide bonds. The van der Waals surface area contributed by atoms with E-state index >= 15 is 0 Å². The summed E-state index contributed by atoms with van der Waals surface area (Å²) in [7, 11) is 1.49. The van der Waals surface area contributed by atoms with Gasteiger partial charge in [0.1, 0.15) is 5.75 Å². The number of aliphatic hydroxyl groups is 1. The van der Waals surface area contributed by atoms with E-state index in [-0.39, 0.29) is 23.2 Å². The van der Waals surface area contributed by atoms with Crippen molar-refractivity contribution in [3.63, 3.8) is 0 Å². The molecule has 2 aliphatic heterocycles. The number of amides is 2. The largest absolute Gasteiger partial charge is 0.497 e. The molecule has 2 fully saturated rings. The van der Waals surface area contributed by atoms with Crippen molar-refractivity contribution in [2.24, 2.45) is 5.92 Å². The number of fused-ring (bicyclic) bond motifs is 4. The van der Waals surface area contributed by atoms with Crippen LogP contribution in [-0.2, 0) is 0 Å². The molecule has 1 aromatic carbocycles. The van der Waals surface area contributed by atoms with Gasteiger partial charge in [0.25, 0.3) is 5.91 Å². The zero-order chi connectivity index (χ0) is 15.6. The van der Waals surface area contributed by atoms with Gasteiger partial charge >= 0.3 is 6.09 Å². The molecule has 4 atom stereocenters. The maximum atomic E-state index is 12.9. The fourth-order valence-electron chi connectivity index (χ4n) is 3.76. The minimum atomic E-state index is -1.27. The van der Waals surface area contributed by atoms with Crippen LogP contribution in [0.25, 0.3) is 0 Å². The Morgan fingerprint density at radius 1 is 1.32 bits per heavy atom. The van der Waals surface area contributed by atoms with Gasteiger partial charge < -0.3 is 19.8 Å². The van der Waals surface area contributed by atoms with Gasteiger partial charge in [0.2, 0.25) is 0 Å². The summed E-state index contributed by atoms with van der Waals surface area (Å²) >= 11 is 0. The first-order valence-corrected chi connectivity index (χ1v) is 7.24. The molecule has 0 spiro atoms. The first-order chi connectivity index (χ1) is 10.5. The highest BCUT2D eigenvalue weighted by molar-refractivity contribution is 6.05. The molecular formula is C15H16N2O5. The number of carbonyl (C=O) groups is 2. The highest BCUT2D eigenvalue weighted by Gasteiger charge is 2.58. The maximum absolute atomic E-state index is 12.9. The van der Waals surface area contributed by atoms with Gasteiger partial charge in [-0.2, -0.15) is 0 Å². The van der Waals surface area contributed by atoms with Crippen LogP contribution in [0.3, 0.4) is 0 Å². The van der Waals surface area contributed by atoms with Gasteiger partial charge in [-0.25, -0.2) is 9.69 Å². The van der Waals surface area contributed by atoms with E-state index in [0.29, 0.717) is 18.1 Å². The highest BCUT2D eigenvalue weighted by Crippen LogP contribution is 2.51. The van der Waals surface area contributed by atoms with Crippen molar-refractivity contribution in [1.29, 1.82) is 0 Å². The third kappa shape index (κ3) is 1.65. The molecule has 1 aliphatic carbocycles. The predicted octanol–water partition coefficient (Wildman–Crippen LogP) is 1.11. The Bertz CT molecular complexity index is 676. The van der Waals surface area contributed by atoms with Crippen molar-refractivity contribution >= 4 is 17.7 Å². The highest BCUT2D eigenvalue weighted by atomic mass is 16.5. The Kier molecular flexibility index (Phi) is 2.65. The lowest BCUT2D eigenvalue weighted by Crippen LogP contribution is -2.51. The Balaban J connectivity index is 1.89. The third-order valence-electron chi connectivity index (χ3n) is 4.89. The van der Waals surface area contributed by atoms with Gasteiger partial charge in [-0.1, -0.05) is 0 Å². The first kappa shape index (κ1) is 13.4. The molecule has 1 saturated heterocycles. The standard InChI is InChI=1S/C15H16N2O5/c1-22-8-2-3-10-9(6-8)13(18)16-11-4-7(11)5-12(16)14(19)17(10)15(20)21/h2-3,6-7,11-12,14,19H,4-5H2,1H3,(H,20,21). The van der Waals surface area contributed by atoms with Crippen molar-refractivity contribution in [2.75, 3.05) is 12.0 Å². The quantitative estimate of drug-likeness (QED) is 0.811. The Morgan fingerprint density at radius 2 is 2.05 bits per heavy atom. The van der Waals surface area contributed by atoms with Crippen molar-refractivity contribution in [3.8, 4) is 5.75 Å². The Labute approximate surface area is 126 Å². The Hall–Kier alpha value is -2.28. The third-order valence-corrected chi connectivity index (χ3v) is 4.89. The van der Waals surface area contributed by atoms with Crippen LogP contribution in [-0.4, -0.2) is 52.5 Å². The van der Waals surface area contributed by atoms with Gasteiger partial charge in [-0.15, -0.1) is 0 Å². The van der Waals surface area contributed by atoms with Gasteiger partial charge in [0.05, 0.1) is 24.4 Å². The van der Waals surface area contributed by atoms with Crippen molar-refractivity contribution < 1.29 is 24.5 Å². The van der Waals surface area contributed by atoms with Crippen LogP contribution in [0.5, 0.6) is 5.75 Å². The van der Waals surface area contributed by atoms with Gasteiger partial charge in [-0.3, -0.25) is 4.79 Å². The lowest BCUT2D eigenvalue weighted by Gasteiger charge is -2.32. The van der Waals surface area contributed by atoms with E-state index in [1.807, 2.05) is 0 Å². The van der Waals surface area contributed by atoms with Crippen LogP contribution in [0.4, 0.5) is 10.5 Å². The second-order valence-corrected chi connectivity index (χ2v) is 6.03. The molecule has 2 heterocycles. The molecule has 2 N–H and O–H groups in total. The molecule has 1 saturated carbocycles. The van der Waals surface area contributed by atoms with E-state index in [1.54, 1.807) is 17.0 Å². The minimum Gasteiger partial charge on any atom is -0.497 e. The molecule has 4 unspecified atom stereocenters. The molecule has 22 heavy (non-hydrogen) atoms. The summed E-state index contributed by atoms with van der Waals surface area (Å²) in [5.41, 5.74) is 0.466. The van der Waals surface area contributed by atoms with Crippen molar-refractivity contribution in [3.05, 3.63) is 23.8 Å². The van der Waals surface area contributed by atoms with E-state index in [4.69, 9.17) is 4.74 Å². The molecular weight excluding hydrogens is 288 g/mol. The first-order valence-electron chi connectivity index (χ1n) is 7.24. The van der Waals surface area contributed by atoms with Crippen LogP contribution in [0.15, 0.2) is 18.2 Å². The average molecular weight is 304 g/mol. The number of methoxy groups -OCH3 is 1. The summed E-state index contributed by atoms with van der Waals surface area (Å²) in [6, 6.07) is 4.28. The van der Waals surface area contributed by atoms with Gasteiger partial charge in [0, 0.05) is 6.04 Å². The summed E-state index contributed by atoms with van der Waals surface area (Å²) in [5, 5.41) is 20.0. The summed E-state index contributed by atoms with van der Waals surface area (Å²) in [6.45, 7) is 0. The average Bonchev–Trinajstić information content (AvgIpc) is 3.18. The van der Waals surface area contributed by atoms with E-state index in [1.165, 1.54) is 13.2 Å². The molecule has 3 aliphatic rings. The predicted molar refractivity (Wildman–Crippen MR) is 76.0 cm³/mol. The molecule has 1 aromatic rings. The smallest absolute Gasteiger partial charge is 0.414 e. The van der Waals surface area contributed by atoms with Crippen LogP contribution in [0, 0.1) is 5.92 Å². The molecule has 0 aromatic heterocycles. The fraction of sp³-hybridized carbons (Fsp3) is 0.467. The number of benzene rings is 1. The second-order valence-electron chi connectivity index (χ2n) is 6.03. The minimum absolute atomic E-state index is 0.125. The topological polar surface area (TPSA) is 90.3 Å². The summed E-state index contributed by atoms with van der Waals surface area (Å²) < 4.78 is 5.14. The van der Waals surface area contributed by atoms with E-state index < -0.39 is 18.4 Å². The fourth-order valence-corrected chi connectivity index (χ4v) is 3.76. The molecule has 7 heteroatoms. The summed E-state index contributed by atoms with van der Waals surface area (Å²) in [6.07, 6.45) is -0.939. The van der Waals surface area contributed by atoms with Crippen LogP contribution in [0.1, 0.15) is 23.2 Å². The number of piperidine rings is 1. The monoisotopic (exact) mass is 304 g/mol. The van der Waals surface area contributed by atoms with Crippen molar-refractivity contribution in [2.45, 2.75) is 31.2 Å². The van der Waals surface area contributed by atoms with Crippen LogP contribution < -0.4 is 9.64 Å². The summed E-state index contributed by atoms with van der Waals surface area (Å²) in [4.78, 5) is 27.1. The van der Waals surface area contributed by atoms with Crippen molar-refractivity contribution in [1.82, 2.24) is 4.90 Å². The van der Waals surface area contributed by atoms with E-state index in [2.05, 4.69) is 0 Å². The number of hydrogen-bond acceptors (Lipinski definition) is 4. The number of carboxylic acid groups (broad SMARTS) is 1. The van der Waals surface area contributed by atoms with E-state index in [0.717, 1.165) is 11.3 Å². The lowest BCUT2D eigenvalue weighted by molar-refractivity contribution is 0.0437. The number of aliphatic hydroxyl groups excluding tert-OH is 1. The second kappa shape index (κ2) is 4.36. The summed E-state index contributed by atoms with van der Waals surface area (Å²) in [5.74, 6) is 0.634. The van der Waals surface area contributed by atoms with Gasteiger partial charge in [0.15, 0.2) is 6.23 Å². The Morgan fingerprint density at radius 3 is 2.73 bits per heavy atom. The number of anilines is 1. The number of carbonyl (C=O) groups excluding carboxylic acids is 1. The maximum Gasteiger partial charge on any atom is 0.414 e. The molecule has 7 nitrogen and oxygen atoms in total. The molecule has 0 bridgehead atoms. The number of nitrogens with zero attached hydrogens (tertiary/aromatic N) is 2. The number of hydrogen-bond donors (Lipinski definition) is 2. The lowest BCUT2D eigenvalue weighted by atomic mass is 10.1. The molecule has 4 rings (SSSR count). The zero-order valence-corrected chi connectivity index (χ0v) is 12.0. The SMILES string of the molecule is COc1ccc2c(c1)C(=O)N1C3CC3CC1C(O)N2C(=O)O. The van der Waals surface area contributed by atoms with Crippen LogP contribution >= 0.6 is 0 Å². The van der Waals surface area contributed by atoms with Gasteiger partial charge in [-0.05, 0) is 37.0 Å². The normalized spacial score (nSPS) is 32.0. The number of rotatable bonds is 1. The number of ether oxygens (including phenoxy) is 1. The van der Waals surface area contributed by atoms with E-state index in [9.17, 15) is 19.8 Å². The van der Waals surface area contributed by atoms with Crippen LogP contribution in [0.2, 0.25) is 0 Å². The molecule has 0 radical (unpaired) electrons. The molecule has 116 valence electrons.